The van der Waals surface area contributed by atoms with Crippen LogP contribution in [0.1, 0.15) is 0 Å². The third kappa shape index (κ3) is 1.89. The zero-order chi connectivity index (χ0) is 8.43. The molecule has 0 amide bonds. The van der Waals surface area contributed by atoms with Gasteiger partial charge in [0.25, 0.3) is 0 Å². The Morgan fingerprint density at radius 1 is 1.09 bits per heavy atom. The first-order valence-corrected chi connectivity index (χ1v) is 5.37. The van der Waals surface area contributed by atoms with Gasteiger partial charge in [-0.1, -0.05) is 40.9 Å². The quantitative estimate of drug-likeness (QED) is 0.567. The van der Waals surface area contributed by atoms with Gasteiger partial charge >= 0.3 is 0 Å². The van der Waals surface area contributed by atoms with Crippen LogP contribution in [0.25, 0.3) is 0 Å². The predicted molar refractivity (Wildman–Crippen MR) is 51.9 cm³/mol. The lowest BCUT2D eigenvalue weighted by molar-refractivity contribution is 0.615. The van der Waals surface area contributed by atoms with Gasteiger partial charge in [0, 0.05) is 0 Å². The van der Waals surface area contributed by atoms with Gasteiger partial charge in [0.15, 0.2) is 9.76 Å². The summed E-state index contributed by atoms with van der Waals surface area (Å²) in [5.41, 5.74) is 0. The molecule has 0 radical (unpaired) electrons. The van der Waals surface area contributed by atoms with Crippen molar-refractivity contribution in [2.24, 2.45) is 0 Å². The zero-order valence-electron chi connectivity index (χ0n) is 5.44. The lowest BCUT2D eigenvalue weighted by atomic mass is 10.3. The van der Waals surface area contributed by atoms with Gasteiger partial charge in [0.1, 0.15) is 0 Å². The summed E-state index contributed by atoms with van der Waals surface area (Å²) in [6.45, 7) is 0. The minimum atomic E-state index is -1.25. The van der Waals surface area contributed by atoms with E-state index in [0.29, 0.717) is 15.1 Å². The van der Waals surface area contributed by atoms with Gasteiger partial charge in [-0.25, -0.2) is 0 Å². The van der Waals surface area contributed by atoms with E-state index in [1.807, 2.05) is 0 Å². The first-order valence-electron chi connectivity index (χ1n) is 2.90. The van der Waals surface area contributed by atoms with Gasteiger partial charge in [-0.2, -0.15) is 0 Å². The van der Waals surface area contributed by atoms with Crippen LogP contribution in [0.5, 0.6) is 0 Å². The molecule has 0 atom stereocenters. The summed E-state index contributed by atoms with van der Waals surface area (Å²) in [6.07, 6.45) is 0. The number of benzene rings is 1. The minimum absolute atomic E-state index is 0.326. The Bertz CT molecular complexity index is 277. The van der Waals surface area contributed by atoms with Crippen molar-refractivity contribution in [3.8, 4) is 0 Å². The number of hydrogen-bond donors (Lipinski definition) is 1. The summed E-state index contributed by atoms with van der Waals surface area (Å²) in [5.74, 6) is 0. The summed E-state index contributed by atoms with van der Waals surface area (Å²) in [7, 11) is -1.25. The molecule has 0 aliphatic rings. The van der Waals surface area contributed by atoms with Crippen LogP contribution in [0, 0.1) is 0 Å². The van der Waals surface area contributed by atoms with E-state index in [0.717, 1.165) is 5.19 Å². The molecule has 0 unspecified atom stereocenters. The second-order valence-electron chi connectivity index (χ2n) is 1.99. The molecule has 0 saturated carbocycles. The van der Waals surface area contributed by atoms with Crippen molar-refractivity contribution < 1.29 is 4.80 Å². The van der Waals surface area contributed by atoms with Gasteiger partial charge in [-0.3, -0.25) is 0 Å². The van der Waals surface area contributed by atoms with Crippen molar-refractivity contribution in [3.63, 3.8) is 0 Å². The van der Waals surface area contributed by atoms with E-state index in [9.17, 15) is 0 Å². The molecule has 0 aliphatic heterocycles. The number of hydrogen-bond acceptors (Lipinski definition) is 1. The maximum Gasteiger partial charge on any atom is 0.189 e. The third-order valence-corrected chi connectivity index (χ3v) is 3.77. The average Bonchev–Trinajstić information content (AvgIpc) is 2.01. The molecule has 0 bridgehead atoms. The normalized spacial score (nSPS) is 11.3. The molecular weight excluding hydrogens is 223 g/mol. The SMILES string of the molecule is O[SiH2]c1ccc(Cl)c(Cl)c1Cl. The Hall–Kier alpha value is 0.267. The summed E-state index contributed by atoms with van der Waals surface area (Å²) < 4.78 is 0. The lowest BCUT2D eigenvalue weighted by Crippen LogP contribution is -2.14. The van der Waals surface area contributed by atoms with Crippen LogP contribution in [-0.4, -0.2) is 14.6 Å². The fraction of sp³-hybridized carbons (Fsp3) is 0. The van der Waals surface area contributed by atoms with Crippen LogP contribution in [0.3, 0.4) is 0 Å². The summed E-state index contributed by atoms with van der Waals surface area (Å²) in [6, 6.07) is 3.33. The smallest absolute Gasteiger partial charge is 0.189 e. The molecule has 11 heavy (non-hydrogen) atoms. The van der Waals surface area contributed by atoms with Crippen molar-refractivity contribution in [1.82, 2.24) is 0 Å². The van der Waals surface area contributed by atoms with Crippen LogP contribution < -0.4 is 5.19 Å². The van der Waals surface area contributed by atoms with Crippen LogP contribution in [0.4, 0.5) is 0 Å². The highest BCUT2D eigenvalue weighted by Crippen LogP contribution is 2.27. The van der Waals surface area contributed by atoms with Crippen LogP contribution in [-0.2, 0) is 0 Å². The molecule has 0 fully saturated rings. The van der Waals surface area contributed by atoms with Crippen molar-refractivity contribution in [2.45, 2.75) is 0 Å². The fourth-order valence-corrected chi connectivity index (χ4v) is 2.07. The van der Waals surface area contributed by atoms with E-state index >= 15 is 0 Å². The van der Waals surface area contributed by atoms with Gasteiger partial charge in [-0.05, 0) is 11.3 Å². The van der Waals surface area contributed by atoms with E-state index in [2.05, 4.69) is 0 Å². The predicted octanol–water partition coefficient (Wildman–Crippen LogP) is 1.35. The Balaban J connectivity index is 3.25. The monoisotopic (exact) mass is 226 g/mol. The molecule has 1 aromatic rings. The second-order valence-corrected chi connectivity index (χ2v) is 4.23. The minimum Gasteiger partial charge on any atom is -0.433 e. The van der Waals surface area contributed by atoms with Crippen molar-refractivity contribution in [3.05, 3.63) is 27.2 Å². The molecule has 5 heteroatoms. The molecule has 1 rings (SSSR count). The highest BCUT2D eigenvalue weighted by Gasteiger charge is 2.07. The van der Waals surface area contributed by atoms with E-state index in [-0.39, 0.29) is 0 Å². The van der Waals surface area contributed by atoms with Crippen molar-refractivity contribution in [2.75, 3.05) is 0 Å². The molecule has 60 valence electrons. The highest BCUT2D eigenvalue weighted by molar-refractivity contribution is 6.57. The topological polar surface area (TPSA) is 20.2 Å². The second kappa shape index (κ2) is 3.78. The average molecular weight is 228 g/mol. The van der Waals surface area contributed by atoms with E-state index < -0.39 is 9.76 Å². The molecule has 0 saturated heterocycles. The first kappa shape index (κ1) is 9.36. The van der Waals surface area contributed by atoms with Gasteiger partial charge < -0.3 is 4.80 Å². The Kier molecular flexibility index (Phi) is 3.22. The zero-order valence-corrected chi connectivity index (χ0v) is 9.12. The Morgan fingerprint density at radius 2 is 1.73 bits per heavy atom. The maximum atomic E-state index is 8.89. The van der Waals surface area contributed by atoms with E-state index in [1.54, 1.807) is 12.1 Å². The molecule has 1 N–H and O–H groups in total. The Labute approximate surface area is 81.8 Å². The van der Waals surface area contributed by atoms with Crippen LogP contribution in [0.2, 0.25) is 15.1 Å². The first-order chi connectivity index (χ1) is 5.16. The largest absolute Gasteiger partial charge is 0.433 e. The molecule has 0 aromatic heterocycles. The summed E-state index contributed by atoms with van der Waals surface area (Å²) in [5, 5.41) is 1.85. The number of rotatable bonds is 1. The standard InChI is InChI=1S/C6H5Cl3OSi/c7-3-1-2-4(11-10)6(9)5(3)8/h1-2,10H,11H2. The van der Waals surface area contributed by atoms with E-state index in [1.165, 1.54) is 0 Å². The van der Waals surface area contributed by atoms with Crippen LogP contribution in [0.15, 0.2) is 12.1 Å². The molecule has 1 aromatic carbocycles. The lowest BCUT2D eigenvalue weighted by Gasteiger charge is -2.02. The molecule has 0 aliphatic carbocycles. The molecule has 0 heterocycles. The van der Waals surface area contributed by atoms with Crippen molar-refractivity contribution in [1.29, 1.82) is 0 Å². The van der Waals surface area contributed by atoms with Gasteiger partial charge in [0.05, 0.1) is 15.1 Å². The fourth-order valence-electron chi connectivity index (χ4n) is 0.688. The Morgan fingerprint density at radius 3 is 2.27 bits per heavy atom. The summed E-state index contributed by atoms with van der Waals surface area (Å²) in [4.78, 5) is 8.89. The molecular formula is C6H5Cl3OSi. The van der Waals surface area contributed by atoms with E-state index in [4.69, 9.17) is 39.6 Å². The molecule has 1 nitrogen and oxygen atoms in total. The van der Waals surface area contributed by atoms with Gasteiger partial charge in [-0.15, -0.1) is 0 Å². The highest BCUT2D eigenvalue weighted by atomic mass is 35.5. The number of halogens is 3. The summed E-state index contributed by atoms with van der Waals surface area (Å²) >= 11 is 17.1. The van der Waals surface area contributed by atoms with Crippen molar-refractivity contribution >= 4 is 49.8 Å². The van der Waals surface area contributed by atoms with Gasteiger partial charge in [0.2, 0.25) is 0 Å². The van der Waals surface area contributed by atoms with Crippen LogP contribution >= 0.6 is 34.8 Å². The maximum absolute atomic E-state index is 8.89. The molecule has 0 spiro atoms. The third-order valence-electron chi connectivity index (χ3n) is 1.29.